The Morgan fingerprint density at radius 3 is 2.56 bits per heavy atom. The van der Waals surface area contributed by atoms with Crippen molar-refractivity contribution in [2.24, 2.45) is 7.05 Å². The SMILES string of the molecule is CCc1nc2ccccc2n1-c1nc(N2CCOCC2)c2nc(CCN(C)C3(C)CCS(=O)(=O)C3)n(C)c2n1. The van der Waals surface area contributed by atoms with E-state index >= 15 is 0 Å². The van der Waals surface area contributed by atoms with E-state index in [2.05, 4.69) is 31.9 Å². The molecule has 0 radical (unpaired) electrons. The van der Waals surface area contributed by atoms with Gasteiger partial charge < -0.3 is 14.2 Å². The van der Waals surface area contributed by atoms with Crippen LogP contribution in [0.1, 0.15) is 31.9 Å². The van der Waals surface area contributed by atoms with Gasteiger partial charge in [-0.2, -0.15) is 9.97 Å². The summed E-state index contributed by atoms with van der Waals surface area (Å²) in [6, 6.07) is 8.07. The molecule has 1 aromatic carbocycles. The Morgan fingerprint density at radius 2 is 1.85 bits per heavy atom. The summed E-state index contributed by atoms with van der Waals surface area (Å²) in [5.41, 5.74) is 3.09. The van der Waals surface area contributed by atoms with Crippen molar-refractivity contribution in [3.8, 4) is 5.95 Å². The van der Waals surface area contributed by atoms with Crippen LogP contribution < -0.4 is 4.90 Å². The second-order valence-corrected chi connectivity index (χ2v) is 13.1. The predicted octanol–water partition coefficient (Wildman–Crippen LogP) is 2.15. The first-order valence-corrected chi connectivity index (χ1v) is 15.5. The Labute approximate surface area is 228 Å². The molecule has 2 saturated heterocycles. The molecule has 1 unspecified atom stereocenters. The molecule has 2 aliphatic heterocycles. The molecule has 0 bridgehead atoms. The van der Waals surface area contributed by atoms with Gasteiger partial charge in [-0.3, -0.25) is 9.47 Å². The van der Waals surface area contributed by atoms with Crippen LogP contribution in [0.2, 0.25) is 0 Å². The van der Waals surface area contributed by atoms with Crippen LogP contribution in [0.15, 0.2) is 24.3 Å². The van der Waals surface area contributed by atoms with Gasteiger partial charge >= 0.3 is 0 Å². The third kappa shape index (κ3) is 4.68. The molecule has 39 heavy (non-hydrogen) atoms. The zero-order valence-corrected chi connectivity index (χ0v) is 23.9. The van der Waals surface area contributed by atoms with Crippen molar-refractivity contribution in [2.75, 3.05) is 56.3 Å². The third-order valence-corrected chi connectivity index (χ3v) is 10.2. The molecular formula is C27H36N8O3S. The topological polar surface area (TPSA) is 111 Å². The maximum atomic E-state index is 12.2. The van der Waals surface area contributed by atoms with Crippen LogP contribution in [0.3, 0.4) is 0 Å². The van der Waals surface area contributed by atoms with Gasteiger partial charge in [-0.15, -0.1) is 0 Å². The van der Waals surface area contributed by atoms with E-state index in [1.807, 2.05) is 39.2 Å². The number of anilines is 1. The predicted molar refractivity (Wildman–Crippen MR) is 151 cm³/mol. The number of ether oxygens (including phenoxy) is 1. The van der Waals surface area contributed by atoms with Crippen molar-refractivity contribution in [1.82, 2.24) is 34.0 Å². The lowest BCUT2D eigenvalue weighted by atomic mass is 10.00. The number of hydrogen-bond donors (Lipinski definition) is 0. The number of morpholine rings is 1. The molecule has 0 spiro atoms. The molecule has 0 aliphatic carbocycles. The van der Waals surface area contributed by atoms with E-state index in [-0.39, 0.29) is 17.0 Å². The first kappa shape index (κ1) is 26.1. The lowest BCUT2D eigenvalue weighted by molar-refractivity contribution is 0.122. The maximum absolute atomic E-state index is 12.2. The van der Waals surface area contributed by atoms with Gasteiger partial charge in [0.15, 0.2) is 26.8 Å². The Kier molecular flexibility index (Phi) is 6.59. The number of rotatable bonds is 7. The van der Waals surface area contributed by atoms with Gasteiger partial charge in [0, 0.05) is 45.1 Å². The van der Waals surface area contributed by atoms with Crippen molar-refractivity contribution in [3.63, 3.8) is 0 Å². The minimum Gasteiger partial charge on any atom is -0.378 e. The lowest BCUT2D eigenvalue weighted by Crippen LogP contribution is -2.45. The van der Waals surface area contributed by atoms with Crippen LogP contribution in [-0.2, 0) is 34.5 Å². The van der Waals surface area contributed by atoms with Gasteiger partial charge in [-0.1, -0.05) is 19.1 Å². The van der Waals surface area contributed by atoms with E-state index in [4.69, 9.17) is 24.7 Å². The summed E-state index contributed by atoms with van der Waals surface area (Å²) >= 11 is 0. The number of para-hydroxylation sites is 2. The monoisotopic (exact) mass is 552 g/mol. The molecule has 5 heterocycles. The number of fused-ring (bicyclic) bond motifs is 2. The Balaban J connectivity index is 1.42. The summed E-state index contributed by atoms with van der Waals surface area (Å²) in [5, 5.41) is 0. The molecule has 12 heteroatoms. The largest absolute Gasteiger partial charge is 0.378 e. The standard InChI is InChI=1S/C27H36N8O3S/c1-5-21-28-19-8-6-7-9-20(19)35(21)26-30-24-23(25(31-26)34-13-15-38-16-14-34)29-22(33(24)4)10-12-32(3)27(2)11-17-39(36,37)18-27/h6-9H,5,10-18H2,1-4H3. The molecule has 1 atom stereocenters. The zero-order chi connectivity index (χ0) is 27.4. The van der Waals surface area contributed by atoms with Crippen molar-refractivity contribution < 1.29 is 13.2 Å². The van der Waals surface area contributed by atoms with Gasteiger partial charge in [0.05, 0.1) is 35.8 Å². The second-order valence-electron chi connectivity index (χ2n) is 10.9. The van der Waals surface area contributed by atoms with Gasteiger partial charge in [-0.05, 0) is 32.5 Å². The highest BCUT2D eigenvalue weighted by atomic mass is 32.2. The summed E-state index contributed by atoms with van der Waals surface area (Å²) in [4.78, 5) is 24.4. The van der Waals surface area contributed by atoms with Gasteiger partial charge in [0.25, 0.3) is 0 Å². The van der Waals surface area contributed by atoms with Gasteiger partial charge in [0.2, 0.25) is 5.95 Å². The highest BCUT2D eigenvalue weighted by molar-refractivity contribution is 7.91. The lowest BCUT2D eigenvalue weighted by Gasteiger charge is -2.34. The second kappa shape index (κ2) is 9.83. The number of aryl methyl sites for hydroxylation is 2. The number of benzene rings is 1. The molecule has 0 N–H and O–H groups in total. The molecule has 0 amide bonds. The first-order chi connectivity index (χ1) is 18.7. The molecule has 208 valence electrons. The number of sulfone groups is 1. The number of hydrogen-bond acceptors (Lipinski definition) is 9. The zero-order valence-electron chi connectivity index (χ0n) is 23.1. The maximum Gasteiger partial charge on any atom is 0.239 e. The quantitative estimate of drug-likeness (QED) is 0.340. The van der Waals surface area contributed by atoms with Gasteiger partial charge in [-0.25, -0.2) is 18.4 Å². The molecule has 2 aliphatic rings. The van der Waals surface area contributed by atoms with E-state index in [0.717, 1.165) is 59.2 Å². The van der Waals surface area contributed by atoms with E-state index in [1.165, 1.54) is 0 Å². The Morgan fingerprint density at radius 1 is 1.08 bits per heavy atom. The van der Waals surface area contributed by atoms with Crippen molar-refractivity contribution in [3.05, 3.63) is 35.9 Å². The highest BCUT2D eigenvalue weighted by Crippen LogP contribution is 2.30. The smallest absolute Gasteiger partial charge is 0.239 e. The minimum atomic E-state index is -2.98. The first-order valence-electron chi connectivity index (χ1n) is 13.6. The molecule has 3 aromatic heterocycles. The number of aromatic nitrogens is 6. The molecule has 4 aromatic rings. The fourth-order valence-electron chi connectivity index (χ4n) is 5.77. The molecular weight excluding hydrogens is 516 g/mol. The third-order valence-electron chi connectivity index (χ3n) is 8.31. The summed E-state index contributed by atoms with van der Waals surface area (Å²) in [5.74, 6) is 3.66. The summed E-state index contributed by atoms with van der Waals surface area (Å²) in [7, 11) is 1.03. The normalized spacial score (nSPS) is 21.5. The van der Waals surface area contributed by atoms with Crippen molar-refractivity contribution in [2.45, 2.75) is 38.6 Å². The summed E-state index contributed by atoms with van der Waals surface area (Å²) in [6.45, 7) is 7.58. The number of nitrogens with zero attached hydrogens (tertiary/aromatic N) is 8. The average Bonchev–Trinajstić information content (AvgIpc) is 3.57. The van der Waals surface area contributed by atoms with E-state index in [1.54, 1.807) is 0 Å². The number of imidazole rings is 2. The fourth-order valence-corrected chi connectivity index (χ4v) is 7.98. The highest BCUT2D eigenvalue weighted by Gasteiger charge is 2.41. The average molecular weight is 553 g/mol. The van der Waals surface area contributed by atoms with Crippen LogP contribution in [0.25, 0.3) is 28.1 Å². The van der Waals surface area contributed by atoms with Crippen LogP contribution in [0, 0.1) is 0 Å². The van der Waals surface area contributed by atoms with E-state index in [9.17, 15) is 8.42 Å². The fraction of sp³-hybridized carbons (Fsp3) is 0.556. The summed E-state index contributed by atoms with van der Waals surface area (Å²) < 4.78 is 34.1. The van der Waals surface area contributed by atoms with Crippen LogP contribution in [-0.4, -0.2) is 99.3 Å². The number of likely N-dealkylation sites (N-methyl/N-ethyl adjacent to an activating group) is 1. The molecule has 6 rings (SSSR count). The minimum absolute atomic E-state index is 0.202. The van der Waals surface area contributed by atoms with Crippen LogP contribution in [0.4, 0.5) is 5.82 Å². The summed E-state index contributed by atoms with van der Waals surface area (Å²) in [6.07, 6.45) is 2.08. The van der Waals surface area contributed by atoms with Crippen molar-refractivity contribution >= 4 is 37.9 Å². The molecule has 11 nitrogen and oxygen atoms in total. The van der Waals surface area contributed by atoms with Gasteiger partial charge in [0.1, 0.15) is 11.6 Å². The van der Waals surface area contributed by atoms with Crippen molar-refractivity contribution in [1.29, 1.82) is 0 Å². The van der Waals surface area contributed by atoms with Crippen LogP contribution in [0.5, 0.6) is 0 Å². The Bertz CT molecular complexity index is 1640. The van der Waals surface area contributed by atoms with Crippen LogP contribution >= 0.6 is 0 Å². The van der Waals surface area contributed by atoms with E-state index in [0.29, 0.717) is 38.5 Å². The molecule has 2 fully saturated rings. The van der Waals surface area contributed by atoms with E-state index < -0.39 is 9.84 Å². The molecule has 0 saturated carbocycles. The Hall–Kier alpha value is -3.09.